The fraction of sp³-hybridized carbons (Fsp3) is 0.846. The summed E-state index contributed by atoms with van der Waals surface area (Å²) in [6.07, 6.45) is 11.0. The first kappa shape index (κ1) is 15.0. The molecule has 0 amide bonds. The lowest BCUT2D eigenvalue weighted by Gasteiger charge is -2.03. The second-order valence-corrected chi connectivity index (χ2v) is 4.70. The third kappa shape index (κ3) is 14.0. The Kier molecular flexibility index (Phi) is 12.1. The van der Waals surface area contributed by atoms with Crippen LogP contribution in [0.25, 0.3) is 0 Å². The van der Waals surface area contributed by atoms with Crippen LogP contribution in [0.2, 0.25) is 0 Å². The van der Waals surface area contributed by atoms with Gasteiger partial charge < -0.3 is 5.32 Å². The first-order valence-electron chi connectivity index (χ1n) is 6.31. The van der Waals surface area contributed by atoms with E-state index in [9.17, 15) is 0 Å². The molecule has 0 saturated carbocycles. The van der Waals surface area contributed by atoms with Crippen molar-refractivity contribution in [3.8, 4) is 0 Å². The van der Waals surface area contributed by atoms with Crippen LogP contribution in [0.5, 0.6) is 0 Å². The molecule has 0 unspecified atom stereocenters. The van der Waals surface area contributed by atoms with Gasteiger partial charge in [0.1, 0.15) is 0 Å². The van der Waals surface area contributed by atoms with Gasteiger partial charge in [-0.1, -0.05) is 70.0 Å². The van der Waals surface area contributed by atoms with E-state index in [-0.39, 0.29) is 0 Å². The molecule has 1 N–H and O–H groups in total. The van der Waals surface area contributed by atoms with Crippen LogP contribution >= 0.6 is 11.6 Å². The van der Waals surface area contributed by atoms with Gasteiger partial charge in [0, 0.05) is 11.6 Å². The molecule has 0 spiro atoms. The molecule has 0 aromatic rings. The van der Waals surface area contributed by atoms with E-state index >= 15 is 0 Å². The molecule has 0 rings (SSSR count). The maximum atomic E-state index is 5.63. The molecule has 0 aromatic carbocycles. The topological polar surface area (TPSA) is 12.0 Å². The molecule has 0 bridgehead atoms. The fourth-order valence-corrected chi connectivity index (χ4v) is 1.70. The predicted molar refractivity (Wildman–Crippen MR) is 70.5 cm³/mol. The molecule has 2 heteroatoms. The first-order valence-corrected chi connectivity index (χ1v) is 6.69. The van der Waals surface area contributed by atoms with Gasteiger partial charge in [0.25, 0.3) is 0 Å². The van der Waals surface area contributed by atoms with Crippen molar-refractivity contribution < 1.29 is 0 Å². The Hall–Kier alpha value is -0.0100. The summed E-state index contributed by atoms with van der Waals surface area (Å²) < 4.78 is 0. The summed E-state index contributed by atoms with van der Waals surface area (Å²) >= 11 is 5.63. The fourth-order valence-electron chi connectivity index (χ4n) is 1.61. The van der Waals surface area contributed by atoms with Crippen molar-refractivity contribution in [3.05, 3.63) is 11.6 Å². The van der Waals surface area contributed by atoms with Crippen molar-refractivity contribution in [2.45, 2.75) is 58.3 Å². The summed E-state index contributed by atoms with van der Waals surface area (Å²) in [5.74, 6) is 0. The van der Waals surface area contributed by atoms with Crippen LogP contribution in [-0.2, 0) is 0 Å². The van der Waals surface area contributed by atoms with Gasteiger partial charge in [-0.25, -0.2) is 0 Å². The molecule has 0 saturated heterocycles. The Morgan fingerprint density at radius 3 is 2.07 bits per heavy atom. The molecular weight excluding hydrogens is 206 g/mol. The lowest BCUT2D eigenvalue weighted by atomic mass is 10.1. The summed E-state index contributed by atoms with van der Waals surface area (Å²) in [6.45, 7) is 7.71. The van der Waals surface area contributed by atoms with E-state index in [0.717, 1.165) is 13.1 Å². The number of hydrogen-bond donors (Lipinski definition) is 1. The lowest BCUT2D eigenvalue weighted by molar-refractivity contribution is 0.562. The standard InChI is InChI=1S/C13H26ClN/c1-3-4-5-6-7-8-9-10-11-15-12-13(2)14/h15H,2-12H2,1H3. The van der Waals surface area contributed by atoms with Crippen molar-refractivity contribution >= 4 is 11.6 Å². The minimum atomic E-state index is 0.703. The summed E-state index contributed by atoms with van der Waals surface area (Å²) in [7, 11) is 0. The van der Waals surface area contributed by atoms with Gasteiger partial charge in [-0.15, -0.1) is 0 Å². The molecule has 0 fully saturated rings. The second-order valence-electron chi connectivity index (χ2n) is 4.17. The maximum Gasteiger partial charge on any atom is 0.0307 e. The molecule has 0 aliphatic rings. The Morgan fingerprint density at radius 2 is 1.53 bits per heavy atom. The Morgan fingerprint density at radius 1 is 1.00 bits per heavy atom. The summed E-state index contributed by atoms with van der Waals surface area (Å²) in [5, 5.41) is 3.97. The SMILES string of the molecule is C=C(Cl)CNCCCCCCCCCC. The Labute approximate surface area is 100 Å². The van der Waals surface area contributed by atoms with Crippen LogP contribution in [0.1, 0.15) is 58.3 Å². The maximum absolute atomic E-state index is 5.63. The van der Waals surface area contributed by atoms with E-state index in [1.165, 1.54) is 51.4 Å². The number of halogens is 1. The van der Waals surface area contributed by atoms with Crippen molar-refractivity contribution in [2.75, 3.05) is 13.1 Å². The average Bonchev–Trinajstić information content (AvgIpc) is 2.20. The zero-order valence-corrected chi connectivity index (χ0v) is 10.9. The monoisotopic (exact) mass is 231 g/mol. The smallest absolute Gasteiger partial charge is 0.0307 e. The van der Waals surface area contributed by atoms with Gasteiger partial charge >= 0.3 is 0 Å². The molecule has 0 radical (unpaired) electrons. The molecule has 0 aliphatic heterocycles. The van der Waals surface area contributed by atoms with Gasteiger partial charge in [-0.05, 0) is 13.0 Å². The van der Waals surface area contributed by atoms with Crippen molar-refractivity contribution in [1.29, 1.82) is 0 Å². The highest BCUT2D eigenvalue weighted by Gasteiger charge is 1.92. The molecule has 0 aromatic heterocycles. The number of rotatable bonds is 11. The molecule has 0 atom stereocenters. The van der Waals surface area contributed by atoms with Crippen LogP contribution in [0, 0.1) is 0 Å². The summed E-state index contributed by atoms with van der Waals surface area (Å²) in [6, 6.07) is 0. The molecule has 0 heterocycles. The molecular formula is C13H26ClN. The van der Waals surface area contributed by atoms with Crippen molar-refractivity contribution in [2.24, 2.45) is 0 Å². The van der Waals surface area contributed by atoms with Crippen LogP contribution in [0.3, 0.4) is 0 Å². The minimum Gasteiger partial charge on any atom is -0.312 e. The van der Waals surface area contributed by atoms with E-state index in [0.29, 0.717) is 5.03 Å². The zero-order chi connectivity index (χ0) is 11.4. The Bertz CT molecular complexity index is 145. The van der Waals surface area contributed by atoms with Gasteiger partial charge in [-0.2, -0.15) is 0 Å². The highest BCUT2D eigenvalue weighted by atomic mass is 35.5. The third-order valence-corrected chi connectivity index (χ3v) is 2.66. The molecule has 15 heavy (non-hydrogen) atoms. The minimum absolute atomic E-state index is 0.703. The molecule has 90 valence electrons. The van der Waals surface area contributed by atoms with Gasteiger partial charge in [0.2, 0.25) is 0 Å². The first-order chi connectivity index (χ1) is 7.27. The lowest BCUT2D eigenvalue weighted by Crippen LogP contribution is -2.16. The predicted octanol–water partition coefficient (Wildman–Crippen LogP) is 4.47. The van der Waals surface area contributed by atoms with Crippen molar-refractivity contribution in [1.82, 2.24) is 5.32 Å². The largest absolute Gasteiger partial charge is 0.312 e. The Balaban J connectivity index is 2.89. The van der Waals surface area contributed by atoms with Crippen LogP contribution in [-0.4, -0.2) is 13.1 Å². The van der Waals surface area contributed by atoms with Crippen molar-refractivity contribution in [3.63, 3.8) is 0 Å². The van der Waals surface area contributed by atoms with E-state index in [1.807, 2.05) is 0 Å². The highest BCUT2D eigenvalue weighted by Crippen LogP contribution is 2.07. The van der Waals surface area contributed by atoms with E-state index in [1.54, 1.807) is 0 Å². The second kappa shape index (κ2) is 12.1. The normalized spacial score (nSPS) is 10.5. The quantitative estimate of drug-likeness (QED) is 0.518. The number of hydrogen-bond acceptors (Lipinski definition) is 1. The highest BCUT2D eigenvalue weighted by molar-refractivity contribution is 6.29. The van der Waals surface area contributed by atoms with E-state index in [2.05, 4.69) is 18.8 Å². The zero-order valence-electron chi connectivity index (χ0n) is 10.2. The van der Waals surface area contributed by atoms with Gasteiger partial charge in [-0.3, -0.25) is 0 Å². The molecule has 1 nitrogen and oxygen atoms in total. The van der Waals surface area contributed by atoms with E-state index < -0.39 is 0 Å². The van der Waals surface area contributed by atoms with Crippen LogP contribution in [0.4, 0.5) is 0 Å². The summed E-state index contributed by atoms with van der Waals surface area (Å²) in [4.78, 5) is 0. The van der Waals surface area contributed by atoms with Gasteiger partial charge in [0.15, 0.2) is 0 Å². The molecule has 0 aliphatic carbocycles. The van der Waals surface area contributed by atoms with Crippen LogP contribution in [0.15, 0.2) is 11.6 Å². The van der Waals surface area contributed by atoms with Crippen LogP contribution < -0.4 is 5.32 Å². The third-order valence-electron chi connectivity index (χ3n) is 2.52. The number of unbranched alkanes of at least 4 members (excludes halogenated alkanes) is 7. The number of nitrogens with one attached hydrogen (secondary N) is 1. The van der Waals surface area contributed by atoms with E-state index in [4.69, 9.17) is 11.6 Å². The van der Waals surface area contributed by atoms with Gasteiger partial charge in [0.05, 0.1) is 0 Å². The average molecular weight is 232 g/mol. The summed E-state index contributed by atoms with van der Waals surface area (Å²) in [5.41, 5.74) is 0.